The molecule has 1 atom stereocenters. The second-order valence-corrected chi connectivity index (χ2v) is 10.8. The van der Waals surface area contributed by atoms with E-state index in [1.54, 1.807) is 32.0 Å². The number of carbonyl (C=O) groups is 2. The van der Waals surface area contributed by atoms with E-state index in [1.165, 1.54) is 4.90 Å². The number of benzene rings is 2. The van der Waals surface area contributed by atoms with Gasteiger partial charge in [0.2, 0.25) is 21.8 Å². The minimum Gasteiger partial charge on any atom is -0.352 e. The number of hydrogen-bond acceptors (Lipinski definition) is 4. The van der Waals surface area contributed by atoms with Crippen LogP contribution < -0.4 is 9.62 Å². The average Bonchev–Trinajstić information content (AvgIpc) is 2.70. The molecule has 0 aromatic heterocycles. The van der Waals surface area contributed by atoms with Crippen LogP contribution in [0.5, 0.6) is 0 Å². The van der Waals surface area contributed by atoms with Gasteiger partial charge in [0.1, 0.15) is 12.6 Å². The van der Waals surface area contributed by atoms with Gasteiger partial charge < -0.3 is 10.2 Å². The van der Waals surface area contributed by atoms with Crippen LogP contribution >= 0.6 is 11.6 Å². The summed E-state index contributed by atoms with van der Waals surface area (Å²) in [6.07, 6.45) is 1.04. The molecule has 0 fully saturated rings. The van der Waals surface area contributed by atoms with E-state index in [9.17, 15) is 18.0 Å². The van der Waals surface area contributed by atoms with Crippen molar-refractivity contribution in [1.29, 1.82) is 0 Å². The van der Waals surface area contributed by atoms with Gasteiger partial charge >= 0.3 is 0 Å². The van der Waals surface area contributed by atoms with Crippen LogP contribution in [0.15, 0.2) is 42.5 Å². The quantitative estimate of drug-likeness (QED) is 0.577. The zero-order chi connectivity index (χ0) is 24.9. The average molecular weight is 494 g/mol. The third-order valence-electron chi connectivity index (χ3n) is 5.22. The molecule has 0 aliphatic heterocycles. The van der Waals surface area contributed by atoms with Crippen molar-refractivity contribution in [3.05, 3.63) is 64.2 Å². The van der Waals surface area contributed by atoms with E-state index in [1.807, 2.05) is 45.0 Å². The molecule has 2 aromatic carbocycles. The van der Waals surface area contributed by atoms with Crippen LogP contribution in [0.25, 0.3) is 0 Å². The summed E-state index contributed by atoms with van der Waals surface area (Å²) < 4.78 is 26.3. The fourth-order valence-electron chi connectivity index (χ4n) is 3.46. The second-order valence-electron chi connectivity index (χ2n) is 8.50. The highest BCUT2D eigenvalue weighted by molar-refractivity contribution is 7.92. The molecule has 0 unspecified atom stereocenters. The Balaban J connectivity index is 2.44. The second kappa shape index (κ2) is 11.0. The van der Waals surface area contributed by atoms with E-state index < -0.39 is 28.5 Å². The molecule has 0 saturated carbocycles. The van der Waals surface area contributed by atoms with Crippen molar-refractivity contribution < 1.29 is 18.0 Å². The van der Waals surface area contributed by atoms with E-state index in [2.05, 4.69) is 5.32 Å². The molecule has 1 N–H and O–H groups in total. The van der Waals surface area contributed by atoms with Gasteiger partial charge in [0.25, 0.3) is 0 Å². The van der Waals surface area contributed by atoms with Gasteiger partial charge in [0, 0.05) is 17.6 Å². The summed E-state index contributed by atoms with van der Waals surface area (Å²) in [5, 5.41) is 3.22. The molecule has 0 spiro atoms. The third kappa shape index (κ3) is 7.20. The molecular weight excluding hydrogens is 462 g/mol. The first kappa shape index (κ1) is 26.7. The maximum Gasteiger partial charge on any atom is 0.244 e. The van der Waals surface area contributed by atoms with E-state index >= 15 is 0 Å². The lowest BCUT2D eigenvalue weighted by atomic mass is 10.1. The molecule has 2 rings (SSSR count). The predicted octanol–water partition coefficient (Wildman–Crippen LogP) is 3.66. The van der Waals surface area contributed by atoms with E-state index in [0.717, 1.165) is 21.7 Å². The molecule has 2 amide bonds. The Hall–Kier alpha value is -2.58. The lowest BCUT2D eigenvalue weighted by Gasteiger charge is -2.32. The van der Waals surface area contributed by atoms with Crippen LogP contribution in [-0.2, 0) is 26.2 Å². The zero-order valence-electron chi connectivity index (χ0n) is 19.9. The van der Waals surface area contributed by atoms with E-state index in [-0.39, 0.29) is 18.5 Å². The Bertz CT molecular complexity index is 1120. The van der Waals surface area contributed by atoms with Crippen molar-refractivity contribution in [3.8, 4) is 0 Å². The minimum absolute atomic E-state index is 0.0995. The topological polar surface area (TPSA) is 86.8 Å². The number of rotatable bonds is 9. The highest BCUT2D eigenvalue weighted by Gasteiger charge is 2.31. The Morgan fingerprint density at radius 1 is 1.06 bits per heavy atom. The van der Waals surface area contributed by atoms with Crippen molar-refractivity contribution >= 4 is 39.1 Å². The summed E-state index contributed by atoms with van der Waals surface area (Å²) in [4.78, 5) is 27.7. The number of hydrogen-bond donors (Lipinski definition) is 1. The smallest absolute Gasteiger partial charge is 0.244 e. The number of sulfonamides is 1. The van der Waals surface area contributed by atoms with Crippen LogP contribution in [0.2, 0.25) is 5.02 Å². The number of carbonyl (C=O) groups excluding carboxylic acids is 2. The maximum atomic E-state index is 13.5. The summed E-state index contributed by atoms with van der Waals surface area (Å²) in [5.74, 6) is -0.802. The van der Waals surface area contributed by atoms with Crippen LogP contribution in [-0.4, -0.2) is 50.0 Å². The first-order chi connectivity index (χ1) is 15.3. The summed E-state index contributed by atoms with van der Waals surface area (Å²) in [6.45, 7) is 8.67. The van der Waals surface area contributed by atoms with Gasteiger partial charge in [0.05, 0.1) is 11.9 Å². The minimum atomic E-state index is -3.80. The lowest BCUT2D eigenvalue weighted by molar-refractivity contribution is -0.139. The Labute approximate surface area is 201 Å². The van der Waals surface area contributed by atoms with Gasteiger partial charge in [-0.3, -0.25) is 13.9 Å². The van der Waals surface area contributed by atoms with Crippen molar-refractivity contribution in [2.45, 2.75) is 53.2 Å². The Morgan fingerprint density at radius 3 is 2.27 bits per heavy atom. The fourth-order valence-corrected chi connectivity index (χ4v) is 4.53. The van der Waals surface area contributed by atoms with Crippen molar-refractivity contribution in [2.75, 3.05) is 17.1 Å². The number of aryl methyl sites for hydroxylation is 1. The van der Waals surface area contributed by atoms with Crippen molar-refractivity contribution in [1.82, 2.24) is 10.2 Å². The molecule has 9 heteroatoms. The molecular formula is C24H32ClN3O4S. The van der Waals surface area contributed by atoms with Crippen LogP contribution in [0, 0.1) is 13.8 Å². The van der Waals surface area contributed by atoms with Gasteiger partial charge in [-0.2, -0.15) is 0 Å². The summed E-state index contributed by atoms with van der Waals surface area (Å²) >= 11 is 6.20. The Morgan fingerprint density at radius 2 is 1.70 bits per heavy atom. The fraction of sp³-hybridized carbons (Fsp3) is 0.417. The lowest BCUT2D eigenvalue weighted by Crippen LogP contribution is -2.52. The molecule has 0 saturated heterocycles. The van der Waals surface area contributed by atoms with Crippen LogP contribution in [0.4, 0.5) is 5.69 Å². The summed E-state index contributed by atoms with van der Waals surface area (Å²) in [6, 6.07) is 11.6. The Kier molecular flexibility index (Phi) is 8.91. The summed E-state index contributed by atoms with van der Waals surface area (Å²) in [5.41, 5.74) is 2.74. The molecule has 0 bridgehead atoms. The SMILES string of the molecule is Cc1cccc(CN(C(=O)CN(c2cccc(Cl)c2C)S(C)(=O)=O)[C@@H](C)C(=O)NC(C)C)c1. The number of anilines is 1. The number of nitrogens with zero attached hydrogens (tertiary/aromatic N) is 2. The van der Waals surface area contributed by atoms with Crippen molar-refractivity contribution in [3.63, 3.8) is 0 Å². The molecule has 7 nitrogen and oxygen atoms in total. The summed E-state index contributed by atoms with van der Waals surface area (Å²) in [7, 11) is -3.80. The highest BCUT2D eigenvalue weighted by atomic mass is 35.5. The molecule has 33 heavy (non-hydrogen) atoms. The maximum absolute atomic E-state index is 13.5. The van der Waals surface area contributed by atoms with E-state index in [4.69, 9.17) is 11.6 Å². The number of halogens is 1. The number of nitrogens with one attached hydrogen (secondary N) is 1. The molecule has 0 radical (unpaired) electrons. The first-order valence-corrected chi connectivity index (χ1v) is 12.9. The van der Waals surface area contributed by atoms with Crippen LogP contribution in [0.1, 0.15) is 37.5 Å². The molecule has 180 valence electrons. The van der Waals surface area contributed by atoms with Gasteiger partial charge in [0.15, 0.2) is 0 Å². The van der Waals surface area contributed by atoms with Crippen molar-refractivity contribution in [2.24, 2.45) is 0 Å². The standard InChI is InChI=1S/C24H32ClN3O4S/c1-16(2)26-24(30)19(5)27(14-20-10-7-9-17(3)13-20)23(29)15-28(33(6,31)32)22-12-8-11-21(25)18(22)4/h7-13,16,19H,14-15H2,1-6H3,(H,26,30)/t19-/m0/s1. The molecule has 2 aromatic rings. The first-order valence-electron chi connectivity index (χ1n) is 10.7. The molecule has 0 aliphatic rings. The molecule has 0 aliphatic carbocycles. The van der Waals surface area contributed by atoms with Crippen LogP contribution in [0.3, 0.4) is 0 Å². The van der Waals surface area contributed by atoms with E-state index in [0.29, 0.717) is 16.3 Å². The predicted molar refractivity (Wildman–Crippen MR) is 133 cm³/mol. The largest absolute Gasteiger partial charge is 0.352 e. The van der Waals surface area contributed by atoms with Gasteiger partial charge in [-0.1, -0.05) is 47.5 Å². The van der Waals surface area contributed by atoms with Gasteiger partial charge in [-0.05, 0) is 57.9 Å². The molecule has 0 heterocycles. The van der Waals surface area contributed by atoms with Gasteiger partial charge in [-0.15, -0.1) is 0 Å². The third-order valence-corrected chi connectivity index (χ3v) is 6.76. The zero-order valence-corrected chi connectivity index (χ0v) is 21.5. The highest BCUT2D eigenvalue weighted by Crippen LogP contribution is 2.28. The number of amides is 2. The monoisotopic (exact) mass is 493 g/mol. The normalized spacial score (nSPS) is 12.4. The van der Waals surface area contributed by atoms with Gasteiger partial charge in [-0.25, -0.2) is 8.42 Å².